The Labute approximate surface area is 185 Å². The van der Waals surface area contributed by atoms with E-state index in [2.05, 4.69) is 53.5 Å². The molecule has 0 saturated carbocycles. The number of benzene rings is 2. The van der Waals surface area contributed by atoms with E-state index < -0.39 is 0 Å². The van der Waals surface area contributed by atoms with Gasteiger partial charge in [-0.05, 0) is 74.0 Å². The lowest BCUT2D eigenvalue weighted by Gasteiger charge is -2.36. The fourth-order valence-corrected chi connectivity index (χ4v) is 4.28. The highest BCUT2D eigenvalue weighted by Gasteiger charge is 2.23. The Balaban J connectivity index is 1.61. The predicted octanol–water partition coefficient (Wildman–Crippen LogP) is 5.75. The Kier molecular flexibility index (Phi) is 7.86. The molecular weight excluding hydrogens is 390 g/mol. The van der Waals surface area contributed by atoms with Crippen molar-refractivity contribution in [1.82, 2.24) is 9.80 Å². The fraction of sp³-hybridized carbons (Fsp3) is 0.400. The molecule has 5 heteroatoms. The fourth-order valence-electron chi connectivity index (χ4n) is 3.59. The second kappa shape index (κ2) is 10.6. The molecule has 0 aromatic heterocycles. The lowest BCUT2D eigenvalue weighted by molar-refractivity contribution is 0.0669. The summed E-state index contributed by atoms with van der Waals surface area (Å²) in [5, 5.41) is 0. The average molecular weight is 424 g/mol. The van der Waals surface area contributed by atoms with Crippen LogP contribution in [0.1, 0.15) is 48.2 Å². The number of anilines is 1. The molecule has 0 aliphatic carbocycles. The molecule has 160 valence electrons. The van der Waals surface area contributed by atoms with E-state index in [9.17, 15) is 4.79 Å². The lowest BCUT2D eigenvalue weighted by atomic mass is 10.1. The van der Waals surface area contributed by atoms with E-state index in [0.29, 0.717) is 0 Å². The Morgan fingerprint density at radius 2 is 1.73 bits per heavy atom. The summed E-state index contributed by atoms with van der Waals surface area (Å²) in [7, 11) is 0. The van der Waals surface area contributed by atoms with Gasteiger partial charge in [-0.3, -0.25) is 4.79 Å². The molecule has 0 bridgehead atoms. The number of hydrogen-bond acceptors (Lipinski definition) is 4. The van der Waals surface area contributed by atoms with Gasteiger partial charge in [0.25, 0.3) is 5.91 Å². The van der Waals surface area contributed by atoms with Gasteiger partial charge in [-0.25, -0.2) is 0 Å². The van der Waals surface area contributed by atoms with E-state index >= 15 is 0 Å². The van der Waals surface area contributed by atoms with Crippen LogP contribution in [0.4, 0.5) is 5.69 Å². The second-order valence-corrected chi connectivity index (χ2v) is 8.88. The number of carbonyl (C=O) groups excluding carboxylic acids is 1. The van der Waals surface area contributed by atoms with Gasteiger partial charge in [-0.15, -0.1) is 0 Å². The number of hydrogen-bond donors (Lipinski definition) is 1. The molecule has 0 spiro atoms. The molecule has 0 radical (unpaired) electrons. The maximum atomic E-state index is 13.1. The monoisotopic (exact) mass is 423 g/mol. The van der Waals surface area contributed by atoms with E-state index in [1.807, 2.05) is 30.9 Å². The van der Waals surface area contributed by atoms with Gasteiger partial charge >= 0.3 is 0 Å². The Hall–Kier alpha value is -2.40. The topological polar surface area (TPSA) is 35.6 Å². The molecule has 1 saturated heterocycles. The summed E-state index contributed by atoms with van der Waals surface area (Å²) in [5.41, 5.74) is 5.33. The van der Waals surface area contributed by atoms with E-state index in [0.717, 1.165) is 60.0 Å². The average Bonchev–Trinajstić information content (AvgIpc) is 2.77. The molecule has 2 aromatic rings. The van der Waals surface area contributed by atoms with Crippen LogP contribution >= 0.6 is 11.9 Å². The number of rotatable bonds is 8. The number of nitrogens with zero attached hydrogens (tertiary/aromatic N) is 2. The van der Waals surface area contributed by atoms with E-state index in [1.54, 1.807) is 11.9 Å². The van der Waals surface area contributed by atoms with Gasteiger partial charge in [0.05, 0.1) is 0 Å². The zero-order valence-electron chi connectivity index (χ0n) is 18.4. The molecule has 1 N–H and O–H groups in total. The van der Waals surface area contributed by atoms with Crippen molar-refractivity contribution in [2.24, 2.45) is 0 Å². The highest BCUT2D eigenvalue weighted by Crippen LogP contribution is 2.25. The molecule has 1 heterocycles. The quantitative estimate of drug-likeness (QED) is 0.549. The van der Waals surface area contributed by atoms with Gasteiger partial charge in [0, 0.05) is 48.0 Å². The lowest BCUT2D eigenvalue weighted by Crippen LogP contribution is -2.47. The van der Waals surface area contributed by atoms with Crippen molar-refractivity contribution < 1.29 is 4.79 Å². The first-order chi connectivity index (χ1) is 14.5. The summed E-state index contributed by atoms with van der Waals surface area (Å²) in [6.07, 6.45) is 3.58. The third-order valence-corrected chi connectivity index (χ3v) is 6.43. The number of aryl methyl sites for hydroxylation is 2. The summed E-state index contributed by atoms with van der Waals surface area (Å²) in [5.74, 6) is 0.122. The highest BCUT2D eigenvalue weighted by molar-refractivity contribution is 8.00. The molecule has 1 fully saturated rings. The van der Waals surface area contributed by atoms with Crippen LogP contribution in [0, 0.1) is 6.92 Å². The number of amides is 1. The number of piperazine rings is 1. The Morgan fingerprint density at radius 1 is 1.07 bits per heavy atom. The van der Waals surface area contributed by atoms with E-state index in [4.69, 9.17) is 0 Å². The van der Waals surface area contributed by atoms with Crippen LogP contribution in [-0.2, 0) is 6.42 Å². The van der Waals surface area contributed by atoms with Crippen molar-refractivity contribution in [2.75, 3.05) is 30.9 Å². The summed E-state index contributed by atoms with van der Waals surface area (Å²) in [6.45, 7) is 13.4. The SMILES string of the molecule is C=C(C)N1CCN(C(=O)c2cc(SNc3ccc(CCCC)cc3)ccc2C)CC1. The van der Waals surface area contributed by atoms with Crippen LogP contribution in [0.3, 0.4) is 0 Å². The van der Waals surface area contributed by atoms with Gasteiger partial charge in [0.15, 0.2) is 0 Å². The minimum atomic E-state index is 0.122. The zero-order valence-corrected chi connectivity index (χ0v) is 19.2. The van der Waals surface area contributed by atoms with Crippen LogP contribution in [0.5, 0.6) is 0 Å². The Bertz CT molecular complexity index is 870. The van der Waals surface area contributed by atoms with Gasteiger partial charge < -0.3 is 14.5 Å². The first-order valence-corrected chi connectivity index (χ1v) is 11.6. The van der Waals surface area contributed by atoms with Crippen molar-refractivity contribution in [2.45, 2.75) is 44.9 Å². The number of nitrogens with one attached hydrogen (secondary N) is 1. The van der Waals surface area contributed by atoms with Crippen molar-refractivity contribution >= 4 is 23.5 Å². The second-order valence-electron chi connectivity index (χ2n) is 8.00. The van der Waals surface area contributed by atoms with Gasteiger partial charge in [-0.1, -0.05) is 38.1 Å². The summed E-state index contributed by atoms with van der Waals surface area (Å²) < 4.78 is 3.40. The minimum absolute atomic E-state index is 0.122. The van der Waals surface area contributed by atoms with Crippen LogP contribution in [0.15, 0.2) is 59.6 Å². The van der Waals surface area contributed by atoms with Crippen molar-refractivity contribution in [3.8, 4) is 0 Å². The summed E-state index contributed by atoms with van der Waals surface area (Å²) >= 11 is 1.55. The van der Waals surface area contributed by atoms with Crippen molar-refractivity contribution in [3.05, 3.63) is 71.4 Å². The summed E-state index contributed by atoms with van der Waals surface area (Å²) in [4.78, 5) is 18.3. The van der Waals surface area contributed by atoms with Crippen LogP contribution in [-0.4, -0.2) is 41.9 Å². The minimum Gasteiger partial charge on any atom is -0.372 e. The molecule has 30 heavy (non-hydrogen) atoms. The molecule has 1 aliphatic heterocycles. The number of allylic oxidation sites excluding steroid dienone is 1. The normalized spacial score (nSPS) is 14.0. The Morgan fingerprint density at radius 3 is 2.37 bits per heavy atom. The molecular formula is C25H33N3OS. The largest absolute Gasteiger partial charge is 0.372 e. The standard InChI is InChI=1S/C25H33N3OS/c1-5-6-7-21-9-11-22(12-10-21)26-30-23-13-8-20(4)24(18-23)25(29)28-16-14-27(15-17-28)19(2)3/h8-13,18,26H,2,5-7,14-17H2,1,3-4H3. The summed E-state index contributed by atoms with van der Waals surface area (Å²) in [6, 6.07) is 14.7. The molecule has 0 atom stereocenters. The third-order valence-electron chi connectivity index (χ3n) is 5.61. The van der Waals surface area contributed by atoms with Crippen LogP contribution in [0.25, 0.3) is 0 Å². The van der Waals surface area contributed by atoms with Crippen LogP contribution in [0.2, 0.25) is 0 Å². The predicted molar refractivity (Wildman–Crippen MR) is 128 cm³/mol. The first kappa shape index (κ1) is 22.3. The molecule has 1 aliphatic rings. The molecule has 4 nitrogen and oxygen atoms in total. The van der Waals surface area contributed by atoms with Gasteiger partial charge in [0.2, 0.25) is 0 Å². The molecule has 2 aromatic carbocycles. The van der Waals surface area contributed by atoms with Gasteiger partial charge in [0.1, 0.15) is 0 Å². The van der Waals surface area contributed by atoms with Crippen LogP contribution < -0.4 is 4.72 Å². The zero-order chi connectivity index (χ0) is 21.5. The highest BCUT2D eigenvalue weighted by atomic mass is 32.2. The van der Waals surface area contributed by atoms with Crippen molar-refractivity contribution in [1.29, 1.82) is 0 Å². The van der Waals surface area contributed by atoms with E-state index in [1.165, 1.54) is 18.4 Å². The molecule has 0 unspecified atom stereocenters. The van der Waals surface area contributed by atoms with Gasteiger partial charge in [-0.2, -0.15) is 0 Å². The maximum Gasteiger partial charge on any atom is 0.254 e. The maximum absolute atomic E-state index is 13.1. The van der Waals surface area contributed by atoms with Crippen molar-refractivity contribution in [3.63, 3.8) is 0 Å². The van der Waals surface area contributed by atoms with E-state index in [-0.39, 0.29) is 5.91 Å². The first-order valence-electron chi connectivity index (χ1n) is 10.8. The number of carbonyl (C=O) groups is 1. The number of unbranched alkanes of at least 4 members (excludes halogenated alkanes) is 1. The molecule has 1 amide bonds. The third kappa shape index (κ3) is 5.82. The molecule has 3 rings (SSSR count). The smallest absolute Gasteiger partial charge is 0.254 e.